The molecule has 0 aliphatic rings. The molecule has 0 radical (unpaired) electrons. The van der Waals surface area contributed by atoms with Crippen LogP contribution in [0.4, 0.5) is 0 Å². The number of fused-ring (bicyclic) bond motifs is 1. The fourth-order valence-electron chi connectivity index (χ4n) is 3.21. The van der Waals surface area contributed by atoms with Crippen molar-refractivity contribution in [1.29, 1.82) is 5.26 Å². The molecule has 4 aromatic rings. The third-order valence-electron chi connectivity index (χ3n) is 4.79. The lowest BCUT2D eigenvalue weighted by Gasteiger charge is -2.04. The van der Waals surface area contributed by atoms with Gasteiger partial charge in [0.1, 0.15) is 5.82 Å². The third kappa shape index (κ3) is 3.75. The first-order valence-electron chi connectivity index (χ1n) is 8.93. The Morgan fingerprint density at radius 1 is 1.10 bits per heavy atom. The number of imidazole rings is 1. The Kier molecular flexibility index (Phi) is 5.10. The minimum atomic E-state index is -0.0356. The Morgan fingerprint density at radius 2 is 1.86 bits per heavy atom. The number of Topliss-reactive ketones (excluding diaryl/α,β-unsaturated/α-hetero) is 1. The molecule has 4 rings (SSSR count). The number of rotatable bonds is 4. The molecule has 1 heterocycles. The fourth-order valence-corrected chi connectivity index (χ4v) is 3.79. The summed E-state index contributed by atoms with van der Waals surface area (Å²) < 4.78 is 0. The van der Waals surface area contributed by atoms with Gasteiger partial charge in [-0.2, -0.15) is 5.26 Å². The van der Waals surface area contributed by atoms with Crippen molar-refractivity contribution in [3.63, 3.8) is 0 Å². The molecule has 0 spiro atoms. The molecule has 0 aliphatic carbocycles. The van der Waals surface area contributed by atoms with Crippen LogP contribution in [0.1, 0.15) is 27.0 Å². The van der Waals surface area contributed by atoms with Crippen LogP contribution in [0.25, 0.3) is 22.4 Å². The van der Waals surface area contributed by atoms with E-state index in [0.717, 1.165) is 22.2 Å². The number of aryl methyl sites for hydroxylation is 1. The molecule has 0 saturated carbocycles. The van der Waals surface area contributed by atoms with E-state index in [4.69, 9.17) is 23.2 Å². The van der Waals surface area contributed by atoms with Gasteiger partial charge in [-0.25, -0.2) is 4.98 Å². The van der Waals surface area contributed by atoms with E-state index >= 15 is 0 Å². The number of benzene rings is 3. The molecule has 0 bridgehead atoms. The first kappa shape index (κ1) is 19.2. The van der Waals surface area contributed by atoms with E-state index in [0.29, 0.717) is 32.6 Å². The molecule has 142 valence electrons. The molecular formula is C23H15Cl2N3O. The smallest absolute Gasteiger partial charge is 0.167 e. The van der Waals surface area contributed by atoms with E-state index in [2.05, 4.69) is 16.0 Å². The Hall–Kier alpha value is -3.13. The van der Waals surface area contributed by atoms with Crippen LogP contribution in [0.15, 0.2) is 54.6 Å². The van der Waals surface area contributed by atoms with Crippen LogP contribution in [0, 0.1) is 18.3 Å². The summed E-state index contributed by atoms with van der Waals surface area (Å²) in [5, 5.41) is 10.2. The second-order valence-electron chi connectivity index (χ2n) is 6.78. The summed E-state index contributed by atoms with van der Waals surface area (Å²) in [6, 6.07) is 18.3. The SMILES string of the molecule is Cc1ccc(CC(=O)c2ccc3nc(-c4c(Cl)cccc4Cl)[nH]c3c2)cc1C#N. The van der Waals surface area contributed by atoms with Gasteiger partial charge in [-0.05, 0) is 54.4 Å². The molecule has 0 saturated heterocycles. The molecule has 4 nitrogen and oxygen atoms in total. The summed E-state index contributed by atoms with van der Waals surface area (Å²) in [5.74, 6) is 0.518. The normalized spacial score (nSPS) is 10.8. The Balaban J connectivity index is 1.66. The zero-order valence-corrected chi connectivity index (χ0v) is 17.0. The highest BCUT2D eigenvalue weighted by Crippen LogP contribution is 2.34. The van der Waals surface area contributed by atoms with Crippen LogP contribution in [0.2, 0.25) is 10.0 Å². The zero-order chi connectivity index (χ0) is 20.5. The molecule has 0 atom stereocenters. The van der Waals surface area contributed by atoms with Crippen molar-refractivity contribution < 1.29 is 4.79 Å². The number of nitriles is 1. The summed E-state index contributed by atoms with van der Waals surface area (Å²) in [6.07, 6.45) is 0.220. The van der Waals surface area contributed by atoms with Crippen molar-refractivity contribution in [3.8, 4) is 17.5 Å². The molecule has 1 aromatic heterocycles. The van der Waals surface area contributed by atoms with Gasteiger partial charge in [-0.3, -0.25) is 4.79 Å². The van der Waals surface area contributed by atoms with Crippen LogP contribution in [0.5, 0.6) is 0 Å². The molecule has 6 heteroatoms. The van der Waals surface area contributed by atoms with Gasteiger partial charge in [0.05, 0.1) is 38.3 Å². The van der Waals surface area contributed by atoms with E-state index < -0.39 is 0 Å². The van der Waals surface area contributed by atoms with Crippen LogP contribution in [-0.4, -0.2) is 15.8 Å². The molecule has 3 aromatic carbocycles. The van der Waals surface area contributed by atoms with Crippen molar-refractivity contribution in [1.82, 2.24) is 9.97 Å². The van der Waals surface area contributed by atoms with Gasteiger partial charge < -0.3 is 4.98 Å². The second kappa shape index (κ2) is 7.71. The number of H-pyrrole nitrogens is 1. The highest BCUT2D eigenvalue weighted by atomic mass is 35.5. The number of carbonyl (C=O) groups excluding carboxylic acids is 1. The zero-order valence-electron chi connectivity index (χ0n) is 15.5. The summed E-state index contributed by atoms with van der Waals surface area (Å²) in [6.45, 7) is 1.87. The average Bonchev–Trinajstić information content (AvgIpc) is 3.12. The van der Waals surface area contributed by atoms with Gasteiger partial charge in [0.2, 0.25) is 0 Å². The van der Waals surface area contributed by atoms with E-state index in [1.54, 1.807) is 42.5 Å². The predicted octanol–water partition coefficient (Wildman–Crippen LogP) is 6.14. The highest BCUT2D eigenvalue weighted by molar-refractivity contribution is 6.39. The molecule has 0 aliphatic heterocycles. The van der Waals surface area contributed by atoms with Crippen molar-refractivity contribution in [2.24, 2.45) is 0 Å². The summed E-state index contributed by atoms with van der Waals surface area (Å²) in [4.78, 5) is 20.5. The molecule has 0 fully saturated rings. The molecule has 1 N–H and O–H groups in total. The summed E-state index contributed by atoms with van der Waals surface area (Å²) in [7, 11) is 0. The van der Waals surface area contributed by atoms with Crippen molar-refractivity contribution in [3.05, 3.63) is 86.9 Å². The van der Waals surface area contributed by atoms with Gasteiger partial charge in [0.15, 0.2) is 5.78 Å². The lowest BCUT2D eigenvalue weighted by Crippen LogP contribution is -2.04. The number of carbonyl (C=O) groups is 1. The van der Waals surface area contributed by atoms with E-state index in [-0.39, 0.29) is 12.2 Å². The average molecular weight is 420 g/mol. The fraction of sp³-hybridized carbons (Fsp3) is 0.0870. The monoisotopic (exact) mass is 419 g/mol. The highest BCUT2D eigenvalue weighted by Gasteiger charge is 2.15. The predicted molar refractivity (Wildman–Crippen MR) is 115 cm³/mol. The number of aromatic nitrogens is 2. The Morgan fingerprint density at radius 3 is 2.59 bits per heavy atom. The number of nitrogens with zero attached hydrogens (tertiary/aromatic N) is 2. The van der Waals surface area contributed by atoms with Gasteiger partial charge in [0.25, 0.3) is 0 Å². The van der Waals surface area contributed by atoms with Crippen LogP contribution in [0.3, 0.4) is 0 Å². The first-order valence-corrected chi connectivity index (χ1v) is 9.69. The molecule has 0 unspecified atom stereocenters. The number of hydrogen-bond acceptors (Lipinski definition) is 3. The van der Waals surface area contributed by atoms with E-state index in [1.807, 2.05) is 19.1 Å². The summed E-state index contributed by atoms with van der Waals surface area (Å²) >= 11 is 12.6. The first-order chi connectivity index (χ1) is 14.0. The molecule has 29 heavy (non-hydrogen) atoms. The van der Waals surface area contributed by atoms with E-state index in [1.165, 1.54) is 0 Å². The maximum atomic E-state index is 12.8. The van der Waals surface area contributed by atoms with Crippen molar-refractivity contribution in [2.45, 2.75) is 13.3 Å². The largest absolute Gasteiger partial charge is 0.338 e. The lowest BCUT2D eigenvalue weighted by molar-refractivity contribution is 0.0993. The quantitative estimate of drug-likeness (QED) is 0.403. The van der Waals surface area contributed by atoms with Gasteiger partial charge in [-0.15, -0.1) is 0 Å². The Labute approximate surface area is 177 Å². The van der Waals surface area contributed by atoms with Crippen LogP contribution >= 0.6 is 23.2 Å². The van der Waals surface area contributed by atoms with Gasteiger partial charge in [-0.1, -0.05) is 41.4 Å². The minimum absolute atomic E-state index is 0.0356. The molecule has 0 amide bonds. The molecular weight excluding hydrogens is 405 g/mol. The summed E-state index contributed by atoms with van der Waals surface area (Å²) in [5.41, 5.74) is 4.93. The standard InChI is InChI=1S/C23H15Cl2N3O/c1-13-5-6-14(9-16(13)12-26)10-21(29)15-7-8-19-20(11-15)28-23(27-19)22-17(24)3-2-4-18(22)25/h2-9,11H,10H2,1H3,(H,27,28). The topological polar surface area (TPSA) is 69.5 Å². The van der Waals surface area contributed by atoms with Crippen LogP contribution in [-0.2, 0) is 6.42 Å². The minimum Gasteiger partial charge on any atom is -0.338 e. The van der Waals surface area contributed by atoms with Crippen LogP contribution < -0.4 is 0 Å². The maximum Gasteiger partial charge on any atom is 0.167 e. The third-order valence-corrected chi connectivity index (χ3v) is 5.42. The van der Waals surface area contributed by atoms with E-state index in [9.17, 15) is 10.1 Å². The number of aromatic amines is 1. The maximum absolute atomic E-state index is 12.8. The van der Waals surface area contributed by atoms with Crippen molar-refractivity contribution >= 4 is 40.0 Å². The van der Waals surface area contributed by atoms with Gasteiger partial charge >= 0.3 is 0 Å². The number of hydrogen-bond donors (Lipinski definition) is 1. The second-order valence-corrected chi connectivity index (χ2v) is 7.59. The van der Waals surface area contributed by atoms with Crippen molar-refractivity contribution in [2.75, 3.05) is 0 Å². The van der Waals surface area contributed by atoms with Gasteiger partial charge in [0, 0.05) is 12.0 Å². The lowest BCUT2D eigenvalue weighted by atomic mass is 9.99. The number of nitrogens with one attached hydrogen (secondary N) is 1. The number of ketones is 1. The Bertz CT molecular complexity index is 1280. The number of halogens is 2.